The smallest absolute Gasteiger partial charge is 0.358 e. The number of carbonyl (C=O) groups is 1. The Morgan fingerprint density at radius 2 is 2.04 bits per heavy atom. The summed E-state index contributed by atoms with van der Waals surface area (Å²) in [6, 6.07) is 0. The standard InChI is InChI=1S/C18H22N6O2/c1-23(2)17-21-10-12-4-6-18(14(12)22-17)5-3-9-24(11-18)15-13(16(25)26)19-7-8-20-15/h7-8,10H,3-6,9,11H2,1-2H3,(H,25,26). The molecule has 0 aromatic carbocycles. The normalized spacial score (nSPS) is 21.7. The van der Waals surface area contributed by atoms with Crippen LogP contribution in [0.15, 0.2) is 18.6 Å². The van der Waals surface area contributed by atoms with Gasteiger partial charge in [0.1, 0.15) is 0 Å². The minimum Gasteiger partial charge on any atom is -0.476 e. The summed E-state index contributed by atoms with van der Waals surface area (Å²) in [5, 5.41) is 9.45. The average Bonchev–Trinajstić information content (AvgIpc) is 2.99. The number of carboxylic acid groups (broad SMARTS) is 1. The maximum Gasteiger partial charge on any atom is 0.358 e. The Labute approximate surface area is 151 Å². The second kappa shape index (κ2) is 6.19. The molecule has 0 bridgehead atoms. The molecule has 1 fully saturated rings. The van der Waals surface area contributed by atoms with E-state index in [-0.39, 0.29) is 11.1 Å². The molecular formula is C18H22N6O2. The fraction of sp³-hybridized carbons (Fsp3) is 0.500. The molecular weight excluding hydrogens is 332 g/mol. The summed E-state index contributed by atoms with van der Waals surface area (Å²) in [6.07, 6.45) is 8.90. The number of nitrogens with zero attached hydrogens (tertiary/aromatic N) is 6. The molecule has 2 aliphatic rings. The molecule has 1 atom stereocenters. The van der Waals surface area contributed by atoms with Gasteiger partial charge in [-0.3, -0.25) is 0 Å². The largest absolute Gasteiger partial charge is 0.476 e. The number of hydrogen-bond acceptors (Lipinski definition) is 7. The van der Waals surface area contributed by atoms with Crippen molar-refractivity contribution < 1.29 is 9.90 Å². The second-order valence-electron chi connectivity index (χ2n) is 7.28. The minimum absolute atomic E-state index is 0.0134. The third-order valence-corrected chi connectivity index (χ3v) is 5.38. The Morgan fingerprint density at radius 1 is 1.23 bits per heavy atom. The topological polar surface area (TPSA) is 95.3 Å². The first-order valence-corrected chi connectivity index (χ1v) is 8.83. The Kier molecular flexibility index (Phi) is 3.97. The fourth-order valence-corrected chi connectivity index (χ4v) is 4.17. The molecule has 2 aromatic rings. The van der Waals surface area contributed by atoms with Crippen molar-refractivity contribution in [3.05, 3.63) is 35.5 Å². The van der Waals surface area contributed by atoms with Crippen molar-refractivity contribution in [3.8, 4) is 0 Å². The predicted molar refractivity (Wildman–Crippen MR) is 96.8 cm³/mol. The number of hydrogen-bond donors (Lipinski definition) is 1. The van der Waals surface area contributed by atoms with Crippen molar-refractivity contribution in [1.29, 1.82) is 0 Å². The van der Waals surface area contributed by atoms with Crippen LogP contribution >= 0.6 is 0 Å². The third-order valence-electron chi connectivity index (χ3n) is 5.38. The van der Waals surface area contributed by atoms with Gasteiger partial charge >= 0.3 is 5.97 Å². The van der Waals surface area contributed by atoms with Gasteiger partial charge in [0.05, 0.1) is 5.69 Å². The minimum atomic E-state index is -1.04. The number of carboxylic acids is 1. The van der Waals surface area contributed by atoms with Crippen molar-refractivity contribution in [2.45, 2.75) is 31.1 Å². The van der Waals surface area contributed by atoms with Gasteiger partial charge in [-0.05, 0) is 31.2 Å². The number of aryl methyl sites for hydroxylation is 1. The molecule has 3 heterocycles. The molecule has 26 heavy (non-hydrogen) atoms. The molecule has 1 aliphatic heterocycles. The molecule has 0 radical (unpaired) electrons. The van der Waals surface area contributed by atoms with Crippen LogP contribution in [0.2, 0.25) is 0 Å². The first-order chi connectivity index (χ1) is 12.5. The Hall–Kier alpha value is -2.77. The van der Waals surface area contributed by atoms with Gasteiger partial charge in [-0.1, -0.05) is 0 Å². The van der Waals surface area contributed by atoms with Crippen LogP contribution in [0.5, 0.6) is 0 Å². The van der Waals surface area contributed by atoms with E-state index in [9.17, 15) is 9.90 Å². The molecule has 8 heteroatoms. The highest BCUT2D eigenvalue weighted by Gasteiger charge is 2.44. The highest BCUT2D eigenvalue weighted by atomic mass is 16.4. The molecule has 136 valence electrons. The third kappa shape index (κ3) is 2.65. The van der Waals surface area contributed by atoms with Crippen LogP contribution in [0.3, 0.4) is 0 Å². The number of piperidine rings is 1. The lowest BCUT2D eigenvalue weighted by Crippen LogP contribution is -2.46. The zero-order valence-electron chi connectivity index (χ0n) is 15.0. The molecule has 1 spiro atoms. The first kappa shape index (κ1) is 16.7. The number of rotatable bonds is 3. The highest BCUT2D eigenvalue weighted by Crippen LogP contribution is 2.45. The second-order valence-corrected chi connectivity index (χ2v) is 7.28. The van der Waals surface area contributed by atoms with Crippen LogP contribution in [0.25, 0.3) is 0 Å². The first-order valence-electron chi connectivity index (χ1n) is 8.83. The summed E-state index contributed by atoms with van der Waals surface area (Å²) in [5.74, 6) is 0.124. The molecule has 2 aromatic heterocycles. The van der Waals surface area contributed by atoms with Crippen molar-refractivity contribution in [2.24, 2.45) is 0 Å². The SMILES string of the molecule is CN(C)c1ncc2c(n1)C1(CCCN(c3nccnc3C(=O)O)C1)CC2. The van der Waals surface area contributed by atoms with E-state index in [1.807, 2.05) is 25.2 Å². The van der Waals surface area contributed by atoms with Gasteiger partial charge in [0.2, 0.25) is 5.95 Å². The molecule has 1 saturated heterocycles. The number of fused-ring (bicyclic) bond motifs is 2. The number of anilines is 2. The molecule has 0 amide bonds. The van der Waals surface area contributed by atoms with Crippen molar-refractivity contribution >= 4 is 17.7 Å². The Bertz CT molecular complexity index is 851. The van der Waals surface area contributed by atoms with Crippen LogP contribution in [-0.2, 0) is 11.8 Å². The summed E-state index contributed by atoms with van der Waals surface area (Å²) < 4.78 is 0. The van der Waals surface area contributed by atoms with Gasteiger partial charge in [0, 0.05) is 51.2 Å². The van der Waals surface area contributed by atoms with Crippen LogP contribution in [0.4, 0.5) is 11.8 Å². The highest BCUT2D eigenvalue weighted by molar-refractivity contribution is 5.91. The van der Waals surface area contributed by atoms with Gasteiger partial charge in [0.25, 0.3) is 0 Å². The monoisotopic (exact) mass is 354 g/mol. The fourth-order valence-electron chi connectivity index (χ4n) is 4.17. The summed E-state index contributed by atoms with van der Waals surface area (Å²) >= 11 is 0. The van der Waals surface area contributed by atoms with E-state index in [1.54, 1.807) is 6.20 Å². The Morgan fingerprint density at radius 3 is 2.81 bits per heavy atom. The van der Waals surface area contributed by atoms with Crippen molar-refractivity contribution in [1.82, 2.24) is 19.9 Å². The lowest BCUT2D eigenvalue weighted by atomic mass is 9.77. The van der Waals surface area contributed by atoms with Gasteiger partial charge in [0.15, 0.2) is 11.5 Å². The summed E-state index contributed by atoms with van der Waals surface area (Å²) in [4.78, 5) is 33.1. The van der Waals surface area contributed by atoms with E-state index in [0.29, 0.717) is 18.3 Å². The maximum atomic E-state index is 11.5. The average molecular weight is 354 g/mol. The van der Waals surface area contributed by atoms with E-state index in [0.717, 1.165) is 37.9 Å². The van der Waals surface area contributed by atoms with Gasteiger partial charge < -0.3 is 14.9 Å². The zero-order chi connectivity index (χ0) is 18.3. The number of aromatic carboxylic acids is 1. The van der Waals surface area contributed by atoms with Gasteiger partial charge in [-0.15, -0.1) is 0 Å². The summed E-state index contributed by atoms with van der Waals surface area (Å²) in [6.45, 7) is 1.49. The lowest BCUT2D eigenvalue weighted by molar-refractivity contribution is 0.0690. The van der Waals surface area contributed by atoms with Gasteiger partial charge in [-0.2, -0.15) is 0 Å². The van der Waals surface area contributed by atoms with Crippen molar-refractivity contribution in [2.75, 3.05) is 37.0 Å². The van der Waals surface area contributed by atoms with Crippen LogP contribution in [0.1, 0.15) is 41.0 Å². The lowest BCUT2D eigenvalue weighted by Gasteiger charge is -2.41. The van der Waals surface area contributed by atoms with E-state index in [4.69, 9.17) is 4.98 Å². The molecule has 1 aliphatic carbocycles. The van der Waals surface area contributed by atoms with E-state index in [2.05, 4.69) is 19.9 Å². The molecule has 1 N–H and O–H groups in total. The van der Waals surface area contributed by atoms with Crippen LogP contribution in [0, 0.1) is 0 Å². The number of aromatic nitrogens is 4. The molecule has 4 rings (SSSR count). The van der Waals surface area contributed by atoms with Crippen molar-refractivity contribution in [3.63, 3.8) is 0 Å². The summed E-state index contributed by atoms with van der Waals surface area (Å²) in [7, 11) is 3.88. The van der Waals surface area contributed by atoms with Gasteiger partial charge in [-0.25, -0.2) is 24.7 Å². The summed E-state index contributed by atoms with van der Waals surface area (Å²) in [5.41, 5.74) is 2.25. The predicted octanol–water partition coefficient (Wildman–Crippen LogP) is 1.52. The molecule has 1 unspecified atom stereocenters. The quantitative estimate of drug-likeness (QED) is 0.886. The van der Waals surface area contributed by atoms with Crippen LogP contribution in [-0.4, -0.2) is 58.2 Å². The van der Waals surface area contributed by atoms with E-state index < -0.39 is 5.97 Å². The maximum absolute atomic E-state index is 11.5. The van der Waals surface area contributed by atoms with Crippen LogP contribution < -0.4 is 9.80 Å². The van der Waals surface area contributed by atoms with E-state index in [1.165, 1.54) is 11.8 Å². The molecule has 8 nitrogen and oxygen atoms in total. The Balaban J connectivity index is 1.71. The zero-order valence-corrected chi connectivity index (χ0v) is 15.0. The van der Waals surface area contributed by atoms with E-state index >= 15 is 0 Å². The molecule has 0 saturated carbocycles.